The van der Waals surface area contributed by atoms with Crippen LogP contribution in [0.2, 0.25) is 0 Å². The first-order valence-corrected chi connectivity index (χ1v) is 6.73. The molecule has 3 aliphatic rings. The molecule has 3 fully saturated rings. The number of hydrogen-bond acceptors (Lipinski definition) is 4. The van der Waals surface area contributed by atoms with Crippen LogP contribution in [-0.2, 0) is 13.8 Å². The maximum Gasteiger partial charge on any atom is 0.256 e. The van der Waals surface area contributed by atoms with E-state index in [2.05, 4.69) is 12.0 Å². The highest BCUT2D eigenvalue weighted by Crippen LogP contribution is 2.61. The van der Waals surface area contributed by atoms with E-state index in [1.807, 2.05) is 0 Å². The lowest BCUT2D eigenvalue weighted by Gasteiger charge is -2.47. The zero-order valence-corrected chi connectivity index (χ0v) is 10.2. The predicted molar refractivity (Wildman–Crippen MR) is 57.4 cm³/mol. The molecule has 0 radical (unpaired) electrons. The molecule has 0 aromatic heterocycles. The third-order valence-electron chi connectivity index (χ3n) is 3.93. The van der Waals surface area contributed by atoms with Crippen LogP contribution < -0.4 is 5.09 Å². The molecule has 15 heavy (non-hydrogen) atoms. The molecule has 2 bridgehead atoms. The molecule has 1 aliphatic carbocycles. The molecular formula is C10H18NO3P. The normalized spacial score (nSPS) is 53.2. The molecule has 2 heterocycles. The predicted octanol–water partition coefficient (Wildman–Crippen LogP) is 1.81. The molecule has 0 aromatic carbocycles. The zero-order chi connectivity index (χ0) is 10.5. The van der Waals surface area contributed by atoms with E-state index >= 15 is 0 Å². The van der Waals surface area contributed by atoms with Crippen molar-refractivity contribution in [3.8, 4) is 0 Å². The van der Waals surface area contributed by atoms with Crippen molar-refractivity contribution in [1.29, 1.82) is 0 Å². The lowest BCUT2D eigenvalue weighted by atomic mass is 9.65. The summed E-state index contributed by atoms with van der Waals surface area (Å²) in [7, 11) is 0.970. The fourth-order valence-electron chi connectivity index (χ4n) is 3.28. The molecule has 4 atom stereocenters. The number of ether oxygens (including phenoxy) is 1. The van der Waals surface area contributed by atoms with Gasteiger partial charge in [0.15, 0.2) is 0 Å². The van der Waals surface area contributed by atoms with E-state index in [4.69, 9.17) is 13.8 Å². The van der Waals surface area contributed by atoms with Crippen LogP contribution in [-0.4, -0.2) is 32.0 Å². The van der Waals surface area contributed by atoms with Gasteiger partial charge in [-0.2, -0.15) is 0 Å². The van der Waals surface area contributed by atoms with Crippen molar-refractivity contribution in [3.63, 3.8) is 0 Å². The molecule has 2 aliphatic heterocycles. The molecule has 86 valence electrons. The van der Waals surface area contributed by atoms with Crippen molar-refractivity contribution >= 4 is 8.53 Å². The van der Waals surface area contributed by atoms with Crippen LogP contribution in [0.1, 0.15) is 26.2 Å². The van der Waals surface area contributed by atoms with E-state index in [0.717, 1.165) is 13.2 Å². The Balaban J connectivity index is 1.88. The third kappa shape index (κ3) is 1.39. The van der Waals surface area contributed by atoms with Gasteiger partial charge in [-0.3, -0.25) is 0 Å². The second-order valence-electron chi connectivity index (χ2n) is 5.22. The average Bonchev–Trinajstić information content (AvgIpc) is 2.75. The van der Waals surface area contributed by atoms with Gasteiger partial charge in [-0.15, -0.1) is 0 Å². The van der Waals surface area contributed by atoms with E-state index in [9.17, 15) is 0 Å². The Kier molecular flexibility index (Phi) is 2.35. The van der Waals surface area contributed by atoms with Crippen LogP contribution in [0, 0.1) is 5.41 Å². The van der Waals surface area contributed by atoms with Crippen LogP contribution in [0.5, 0.6) is 0 Å². The van der Waals surface area contributed by atoms with Gasteiger partial charge in [0, 0.05) is 12.5 Å². The maximum atomic E-state index is 5.97. The molecule has 1 N–H and O–H groups in total. The average molecular weight is 231 g/mol. The highest BCUT2D eigenvalue weighted by atomic mass is 31.2. The maximum absolute atomic E-state index is 5.97. The topological polar surface area (TPSA) is 39.7 Å². The summed E-state index contributed by atoms with van der Waals surface area (Å²) in [5.41, 5.74) is 0.248. The Morgan fingerprint density at radius 1 is 1.53 bits per heavy atom. The highest BCUT2D eigenvalue weighted by Gasteiger charge is 2.62. The molecule has 1 saturated carbocycles. The monoisotopic (exact) mass is 231 g/mol. The first-order valence-electron chi connectivity index (χ1n) is 5.55. The second kappa shape index (κ2) is 3.38. The Morgan fingerprint density at radius 3 is 3.13 bits per heavy atom. The first-order chi connectivity index (χ1) is 7.19. The van der Waals surface area contributed by atoms with Crippen LogP contribution in [0.3, 0.4) is 0 Å². The number of fused-ring (bicyclic) bond motifs is 1. The fraction of sp³-hybridized carbons (Fsp3) is 1.00. The molecule has 0 aromatic rings. The minimum atomic E-state index is -0.803. The van der Waals surface area contributed by atoms with Crippen molar-refractivity contribution < 1.29 is 13.8 Å². The van der Waals surface area contributed by atoms with E-state index in [1.165, 1.54) is 19.3 Å². The van der Waals surface area contributed by atoms with E-state index in [0.29, 0.717) is 0 Å². The molecule has 0 amide bonds. The van der Waals surface area contributed by atoms with Crippen LogP contribution in [0.25, 0.3) is 0 Å². The Hall–Kier alpha value is 0.270. The molecule has 3 rings (SSSR count). The largest absolute Gasteiger partial charge is 0.384 e. The van der Waals surface area contributed by atoms with Gasteiger partial charge in [-0.05, 0) is 12.8 Å². The summed E-state index contributed by atoms with van der Waals surface area (Å²) in [6, 6.07) is 0. The van der Waals surface area contributed by atoms with Gasteiger partial charge in [0.05, 0.1) is 24.9 Å². The minimum absolute atomic E-state index is 0.0945. The summed E-state index contributed by atoms with van der Waals surface area (Å²) >= 11 is 0. The highest BCUT2D eigenvalue weighted by molar-refractivity contribution is 7.45. The summed E-state index contributed by atoms with van der Waals surface area (Å²) in [5, 5.41) is 3.52. The van der Waals surface area contributed by atoms with Gasteiger partial charge in [-0.25, -0.2) is 5.09 Å². The van der Waals surface area contributed by atoms with E-state index in [-0.39, 0.29) is 17.1 Å². The van der Waals surface area contributed by atoms with Crippen molar-refractivity contribution in [1.82, 2.24) is 5.09 Å². The lowest BCUT2D eigenvalue weighted by molar-refractivity contribution is -0.0823. The molecule has 4 nitrogen and oxygen atoms in total. The number of methoxy groups -OCH3 is 1. The fourth-order valence-corrected chi connectivity index (χ4v) is 5.11. The quantitative estimate of drug-likeness (QED) is 0.736. The van der Waals surface area contributed by atoms with Gasteiger partial charge in [0.2, 0.25) is 0 Å². The van der Waals surface area contributed by atoms with Gasteiger partial charge in [-0.1, -0.05) is 13.3 Å². The standard InChI is InChI=1S/C10H18NO3P/c1-9(6-12-2)4-3-5-10-7-13-15(11-10)14-8(9)10/h8,11H,3-7H2,1-2H3/t8-,9?,10?,15?/m0/s1. The number of rotatable bonds is 2. The molecule has 5 heteroatoms. The van der Waals surface area contributed by atoms with Crippen molar-refractivity contribution in [2.75, 3.05) is 20.3 Å². The van der Waals surface area contributed by atoms with E-state index < -0.39 is 8.53 Å². The SMILES string of the molecule is COCC1(C)CCCC23COP(N2)O[C@@H]13. The summed E-state index contributed by atoms with van der Waals surface area (Å²) in [6.45, 7) is 3.88. The van der Waals surface area contributed by atoms with Crippen LogP contribution in [0.4, 0.5) is 0 Å². The molecule has 3 unspecified atom stereocenters. The molecule has 2 saturated heterocycles. The van der Waals surface area contributed by atoms with Gasteiger partial charge >= 0.3 is 0 Å². The van der Waals surface area contributed by atoms with Crippen LogP contribution >= 0.6 is 8.53 Å². The Morgan fingerprint density at radius 2 is 2.40 bits per heavy atom. The van der Waals surface area contributed by atoms with Crippen LogP contribution in [0.15, 0.2) is 0 Å². The lowest BCUT2D eigenvalue weighted by Crippen LogP contribution is -2.59. The third-order valence-corrected chi connectivity index (χ3v) is 5.33. The first kappa shape index (κ1) is 10.4. The van der Waals surface area contributed by atoms with Crippen molar-refractivity contribution in [3.05, 3.63) is 0 Å². The summed E-state index contributed by atoms with van der Waals surface area (Å²) in [6.07, 6.45) is 3.88. The second-order valence-corrected chi connectivity index (χ2v) is 6.43. The Labute approximate surface area is 91.6 Å². The number of hydrogen-bond donors (Lipinski definition) is 1. The smallest absolute Gasteiger partial charge is 0.256 e. The van der Waals surface area contributed by atoms with Crippen molar-refractivity contribution in [2.45, 2.75) is 37.8 Å². The van der Waals surface area contributed by atoms with Gasteiger partial charge in [0.1, 0.15) is 0 Å². The van der Waals surface area contributed by atoms with Gasteiger partial charge in [0.25, 0.3) is 8.53 Å². The molecular weight excluding hydrogens is 213 g/mol. The summed E-state index contributed by atoms with van der Waals surface area (Å²) < 4.78 is 16.9. The van der Waals surface area contributed by atoms with Crippen molar-refractivity contribution in [2.24, 2.45) is 5.41 Å². The van der Waals surface area contributed by atoms with E-state index in [1.54, 1.807) is 7.11 Å². The minimum Gasteiger partial charge on any atom is -0.384 e. The number of nitrogens with one attached hydrogen (secondary N) is 1. The molecule has 1 spiro atoms. The summed E-state index contributed by atoms with van der Waals surface area (Å²) in [4.78, 5) is 0. The van der Waals surface area contributed by atoms with Gasteiger partial charge < -0.3 is 13.8 Å². The Bertz CT molecular complexity index is 273. The zero-order valence-electron chi connectivity index (χ0n) is 9.28. The summed E-state index contributed by atoms with van der Waals surface area (Å²) in [5.74, 6) is 0.